The van der Waals surface area contributed by atoms with Crippen molar-refractivity contribution in [2.45, 2.75) is 26.0 Å². The Labute approximate surface area is 83.8 Å². The van der Waals surface area contributed by atoms with Gasteiger partial charge in [0.1, 0.15) is 5.82 Å². The van der Waals surface area contributed by atoms with Crippen molar-refractivity contribution in [3.63, 3.8) is 0 Å². The minimum Gasteiger partial charge on any atom is -0.392 e. The van der Waals surface area contributed by atoms with Crippen molar-refractivity contribution in [1.29, 1.82) is 0 Å². The molecule has 0 bridgehead atoms. The molecule has 0 amide bonds. The van der Waals surface area contributed by atoms with Crippen molar-refractivity contribution >= 4 is 0 Å². The van der Waals surface area contributed by atoms with E-state index in [-0.39, 0.29) is 18.0 Å². The lowest BCUT2D eigenvalue weighted by Gasteiger charge is -2.15. The van der Waals surface area contributed by atoms with Crippen LogP contribution in [0.1, 0.15) is 25.5 Å². The standard InChI is InChI=1S/C11H16FNO/c1-8(14)7-13-9(2)10-4-3-5-11(12)6-10/h3-6,8-9,13-14H,7H2,1-2H3/t8-,9+/m0/s1. The van der Waals surface area contributed by atoms with Gasteiger partial charge in [0.2, 0.25) is 0 Å². The van der Waals surface area contributed by atoms with Crippen LogP contribution in [0.2, 0.25) is 0 Å². The quantitative estimate of drug-likeness (QED) is 0.772. The van der Waals surface area contributed by atoms with E-state index in [1.54, 1.807) is 13.0 Å². The van der Waals surface area contributed by atoms with E-state index in [9.17, 15) is 4.39 Å². The number of benzene rings is 1. The highest BCUT2D eigenvalue weighted by atomic mass is 19.1. The SMILES string of the molecule is C[C@H](O)CN[C@H](C)c1cccc(F)c1. The molecule has 2 nitrogen and oxygen atoms in total. The van der Waals surface area contributed by atoms with Crippen LogP contribution in [0.4, 0.5) is 4.39 Å². The van der Waals surface area contributed by atoms with Gasteiger partial charge in [0.05, 0.1) is 6.10 Å². The molecule has 1 aromatic carbocycles. The second-order valence-corrected chi connectivity index (χ2v) is 3.53. The van der Waals surface area contributed by atoms with E-state index in [0.717, 1.165) is 5.56 Å². The van der Waals surface area contributed by atoms with Crippen LogP contribution in [-0.4, -0.2) is 17.8 Å². The third kappa shape index (κ3) is 3.44. The van der Waals surface area contributed by atoms with Crippen LogP contribution in [0.25, 0.3) is 0 Å². The van der Waals surface area contributed by atoms with Crippen molar-refractivity contribution in [2.24, 2.45) is 0 Å². The average molecular weight is 197 g/mol. The van der Waals surface area contributed by atoms with Gasteiger partial charge in [0.25, 0.3) is 0 Å². The maximum absolute atomic E-state index is 12.8. The first-order chi connectivity index (χ1) is 6.59. The Bertz CT molecular complexity index is 288. The van der Waals surface area contributed by atoms with Gasteiger partial charge < -0.3 is 10.4 Å². The highest BCUT2D eigenvalue weighted by Crippen LogP contribution is 2.12. The summed E-state index contributed by atoms with van der Waals surface area (Å²) in [6, 6.07) is 6.53. The molecule has 1 aromatic rings. The molecule has 14 heavy (non-hydrogen) atoms. The van der Waals surface area contributed by atoms with Crippen molar-refractivity contribution < 1.29 is 9.50 Å². The second-order valence-electron chi connectivity index (χ2n) is 3.53. The molecule has 0 fully saturated rings. The topological polar surface area (TPSA) is 32.3 Å². The van der Waals surface area contributed by atoms with Gasteiger partial charge in [-0.25, -0.2) is 4.39 Å². The van der Waals surface area contributed by atoms with Crippen LogP contribution in [0, 0.1) is 5.82 Å². The molecule has 0 saturated heterocycles. The highest BCUT2D eigenvalue weighted by molar-refractivity contribution is 5.19. The fourth-order valence-electron chi connectivity index (χ4n) is 1.24. The Morgan fingerprint density at radius 1 is 1.43 bits per heavy atom. The summed E-state index contributed by atoms with van der Waals surface area (Å²) in [6.45, 7) is 4.17. The van der Waals surface area contributed by atoms with Gasteiger partial charge in [0, 0.05) is 12.6 Å². The minimum atomic E-state index is -0.383. The first-order valence-corrected chi connectivity index (χ1v) is 4.76. The molecule has 0 heterocycles. The van der Waals surface area contributed by atoms with Crippen LogP contribution in [0.15, 0.2) is 24.3 Å². The molecule has 0 radical (unpaired) electrons. The van der Waals surface area contributed by atoms with Gasteiger partial charge in [-0.05, 0) is 31.5 Å². The van der Waals surface area contributed by atoms with E-state index in [0.29, 0.717) is 6.54 Å². The lowest BCUT2D eigenvalue weighted by atomic mass is 10.1. The lowest BCUT2D eigenvalue weighted by molar-refractivity contribution is 0.187. The molecule has 0 unspecified atom stereocenters. The van der Waals surface area contributed by atoms with Gasteiger partial charge >= 0.3 is 0 Å². The molecule has 0 aromatic heterocycles. The van der Waals surface area contributed by atoms with Crippen LogP contribution in [0.5, 0.6) is 0 Å². The molecule has 2 N–H and O–H groups in total. The summed E-state index contributed by atoms with van der Waals surface area (Å²) in [5.74, 6) is -0.229. The van der Waals surface area contributed by atoms with Gasteiger partial charge in [-0.3, -0.25) is 0 Å². The predicted molar refractivity (Wildman–Crippen MR) is 54.5 cm³/mol. The van der Waals surface area contributed by atoms with Crippen LogP contribution in [0.3, 0.4) is 0 Å². The monoisotopic (exact) mass is 197 g/mol. The Morgan fingerprint density at radius 3 is 2.71 bits per heavy atom. The fraction of sp³-hybridized carbons (Fsp3) is 0.455. The number of nitrogens with one attached hydrogen (secondary N) is 1. The normalized spacial score (nSPS) is 15.1. The van der Waals surface area contributed by atoms with Crippen molar-refractivity contribution in [2.75, 3.05) is 6.54 Å². The zero-order chi connectivity index (χ0) is 10.6. The summed E-state index contributed by atoms with van der Waals surface area (Å²) in [6.07, 6.45) is -0.383. The third-order valence-electron chi connectivity index (χ3n) is 2.07. The number of aliphatic hydroxyl groups excluding tert-OH is 1. The van der Waals surface area contributed by atoms with E-state index in [4.69, 9.17) is 5.11 Å². The summed E-state index contributed by atoms with van der Waals surface area (Å²) in [4.78, 5) is 0. The molecule has 0 aliphatic rings. The van der Waals surface area contributed by atoms with Crippen LogP contribution in [-0.2, 0) is 0 Å². The summed E-state index contributed by atoms with van der Waals surface area (Å²) in [7, 11) is 0. The smallest absolute Gasteiger partial charge is 0.123 e. The Balaban J connectivity index is 2.56. The Morgan fingerprint density at radius 2 is 2.14 bits per heavy atom. The van der Waals surface area contributed by atoms with E-state index >= 15 is 0 Å². The number of rotatable bonds is 4. The molecule has 2 atom stereocenters. The van der Waals surface area contributed by atoms with Gasteiger partial charge in [-0.15, -0.1) is 0 Å². The summed E-state index contributed by atoms with van der Waals surface area (Å²) < 4.78 is 12.8. The molecular weight excluding hydrogens is 181 g/mol. The van der Waals surface area contributed by atoms with E-state index in [1.165, 1.54) is 12.1 Å². The number of halogens is 1. The summed E-state index contributed by atoms with van der Waals surface area (Å²) in [5, 5.41) is 12.2. The highest BCUT2D eigenvalue weighted by Gasteiger charge is 2.06. The van der Waals surface area contributed by atoms with E-state index < -0.39 is 0 Å². The van der Waals surface area contributed by atoms with Crippen LogP contribution >= 0.6 is 0 Å². The molecular formula is C11H16FNO. The first kappa shape index (κ1) is 11.1. The average Bonchev–Trinajstić information content (AvgIpc) is 2.14. The second kappa shape index (κ2) is 5.08. The molecule has 0 spiro atoms. The molecule has 0 saturated carbocycles. The van der Waals surface area contributed by atoms with Gasteiger partial charge in [0.15, 0.2) is 0 Å². The zero-order valence-electron chi connectivity index (χ0n) is 8.50. The van der Waals surface area contributed by atoms with Crippen molar-refractivity contribution in [1.82, 2.24) is 5.32 Å². The summed E-state index contributed by atoms with van der Waals surface area (Å²) in [5.41, 5.74) is 0.894. The molecule has 3 heteroatoms. The van der Waals surface area contributed by atoms with Gasteiger partial charge in [-0.2, -0.15) is 0 Å². The minimum absolute atomic E-state index is 0.0558. The largest absolute Gasteiger partial charge is 0.392 e. The lowest BCUT2D eigenvalue weighted by Crippen LogP contribution is -2.27. The number of hydrogen-bond donors (Lipinski definition) is 2. The Hall–Kier alpha value is -0.930. The van der Waals surface area contributed by atoms with E-state index in [1.807, 2.05) is 13.0 Å². The van der Waals surface area contributed by atoms with Crippen molar-refractivity contribution in [3.8, 4) is 0 Å². The zero-order valence-corrected chi connectivity index (χ0v) is 8.50. The molecule has 78 valence electrons. The molecule has 0 aliphatic carbocycles. The first-order valence-electron chi connectivity index (χ1n) is 4.76. The Kier molecular flexibility index (Phi) is 4.04. The third-order valence-corrected chi connectivity index (χ3v) is 2.07. The number of hydrogen-bond acceptors (Lipinski definition) is 2. The van der Waals surface area contributed by atoms with Crippen molar-refractivity contribution in [3.05, 3.63) is 35.6 Å². The fourth-order valence-corrected chi connectivity index (χ4v) is 1.24. The maximum Gasteiger partial charge on any atom is 0.123 e. The molecule has 0 aliphatic heterocycles. The van der Waals surface area contributed by atoms with Gasteiger partial charge in [-0.1, -0.05) is 12.1 Å². The maximum atomic E-state index is 12.8. The number of aliphatic hydroxyl groups is 1. The molecule has 1 rings (SSSR count). The predicted octanol–water partition coefficient (Wildman–Crippen LogP) is 1.86. The summed E-state index contributed by atoms with van der Waals surface area (Å²) >= 11 is 0. The van der Waals surface area contributed by atoms with Crippen LogP contribution < -0.4 is 5.32 Å². The van der Waals surface area contributed by atoms with E-state index in [2.05, 4.69) is 5.32 Å².